The van der Waals surface area contributed by atoms with Crippen LogP contribution in [0, 0.1) is 0 Å². The van der Waals surface area contributed by atoms with Crippen molar-refractivity contribution in [1.29, 1.82) is 0 Å². The normalized spacial score (nSPS) is 18.5. The van der Waals surface area contributed by atoms with E-state index in [2.05, 4.69) is 27.2 Å². The number of benzene rings is 2. The van der Waals surface area contributed by atoms with E-state index < -0.39 is 11.7 Å². The van der Waals surface area contributed by atoms with Crippen LogP contribution in [0.4, 0.5) is 19.1 Å². The van der Waals surface area contributed by atoms with Gasteiger partial charge < -0.3 is 5.32 Å². The van der Waals surface area contributed by atoms with E-state index in [0.29, 0.717) is 11.7 Å². The topological polar surface area (TPSA) is 63.1 Å². The van der Waals surface area contributed by atoms with Crippen molar-refractivity contribution in [2.75, 3.05) is 5.32 Å². The van der Waals surface area contributed by atoms with Crippen LogP contribution >= 0.6 is 0 Å². The number of nitrogens with one attached hydrogen (secondary N) is 1. The fraction of sp³-hybridized carbons (Fsp3) is 0.385. The maximum absolute atomic E-state index is 13.8. The van der Waals surface area contributed by atoms with Crippen molar-refractivity contribution in [3.05, 3.63) is 71.0 Å². The molecule has 1 fully saturated rings. The zero-order valence-electron chi connectivity index (χ0n) is 18.9. The third kappa shape index (κ3) is 4.41. The molecule has 1 aliphatic heterocycles. The first-order chi connectivity index (χ1) is 16.4. The average molecular weight is 466 g/mol. The monoisotopic (exact) mass is 465 g/mol. The summed E-state index contributed by atoms with van der Waals surface area (Å²) in [7, 11) is 0. The lowest BCUT2D eigenvalue weighted by atomic mass is 9.88. The molecule has 2 aliphatic rings. The van der Waals surface area contributed by atoms with Gasteiger partial charge in [0.2, 0.25) is 5.95 Å². The van der Waals surface area contributed by atoms with Crippen LogP contribution < -0.4 is 5.32 Å². The maximum Gasteiger partial charge on any atom is 0.417 e. The second-order valence-corrected chi connectivity index (χ2v) is 8.83. The molecule has 8 heteroatoms. The van der Waals surface area contributed by atoms with E-state index in [1.165, 1.54) is 12.1 Å². The standard InChI is InChI=1S/C26H26F3N5/c1-2-21-17-12-6-7-13-18(17)23(30-21)33-25-32-22(16-10-4-3-5-11-16)31-24(34-25)19-14-8-9-15-20(19)26(27,28)29/h6-9,12-16,21H,2-5,10-11H2,1H3,(H,30,31,32,33,34). The first-order valence-corrected chi connectivity index (χ1v) is 11.8. The molecule has 1 aliphatic carbocycles. The van der Waals surface area contributed by atoms with Crippen LogP contribution in [0.25, 0.3) is 11.4 Å². The molecule has 5 nitrogen and oxygen atoms in total. The number of halogens is 3. The van der Waals surface area contributed by atoms with Gasteiger partial charge in [-0.05, 0) is 30.9 Å². The SMILES string of the molecule is CCC1N=C(Nc2nc(-c3ccccc3C(F)(F)F)nc(C3CCCCC3)n2)c2ccccc21. The van der Waals surface area contributed by atoms with Gasteiger partial charge in [-0.3, -0.25) is 4.99 Å². The van der Waals surface area contributed by atoms with Gasteiger partial charge in [0.05, 0.1) is 11.6 Å². The minimum atomic E-state index is -4.51. The third-order valence-electron chi connectivity index (χ3n) is 6.57. The Morgan fingerprint density at radius 3 is 2.32 bits per heavy atom. The number of nitrogens with zero attached hydrogens (tertiary/aromatic N) is 4. The molecule has 1 atom stereocenters. The van der Waals surface area contributed by atoms with Gasteiger partial charge in [-0.25, -0.2) is 4.98 Å². The Bertz CT molecular complexity index is 1220. The summed E-state index contributed by atoms with van der Waals surface area (Å²) in [6.45, 7) is 2.07. The smallest absolute Gasteiger partial charge is 0.308 e. The second-order valence-electron chi connectivity index (χ2n) is 8.83. The van der Waals surface area contributed by atoms with Crippen LogP contribution in [-0.4, -0.2) is 20.8 Å². The van der Waals surface area contributed by atoms with Gasteiger partial charge in [0.25, 0.3) is 0 Å². The van der Waals surface area contributed by atoms with Crippen LogP contribution in [0.3, 0.4) is 0 Å². The van der Waals surface area contributed by atoms with E-state index in [1.807, 2.05) is 24.3 Å². The number of rotatable bonds is 4. The lowest BCUT2D eigenvalue weighted by molar-refractivity contribution is -0.137. The number of aromatic nitrogens is 3. The van der Waals surface area contributed by atoms with Crippen LogP contribution in [0.5, 0.6) is 0 Å². The van der Waals surface area contributed by atoms with E-state index in [-0.39, 0.29) is 29.3 Å². The number of hydrogen-bond donors (Lipinski definition) is 1. The first-order valence-electron chi connectivity index (χ1n) is 11.8. The molecule has 1 saturated carbocycles. The van der Waals surface area contributed by atoms with Gasteiger partial charge in [-0.15, -0.1) is 0 Å². The summed E-state index contributed by atoms with van der Waals surface area (Å²) in [5.74, 6) is 1.55. The second kappa shape index (κ2) is 9.16. The fourth-order valence-electron chi connectivity index (χ4n) is 4.85. The van der Waals surface area contributed by atoms with Gasteiger partial charge in [0.15, 0.2) is 5.82 Å². The summed E-state index contributed by atoms with van der Waals surface area (Å²) in [5.41, 5.74) is 1.29. The number of aliphatic imine (C=N–C) groups is 1. The molecule has 0 bridgehead atoms. The number of anilines is 1. The highest BCUT2D eigenvalue weighted by Gasteiger charge is 2.35. The van der Waals surface area contributed by atoms with E-state index in [9.17, 15) is 13.2 Å². The average Bonchev–Trinajstić information content (AvgIpc) is 3.21. The molecule has 176 valence electrons. The molecular weight excluding hydrogens is 439 g/mol. The van der Waals surface area contributed by atoms with Gasteiger partial charge in [-0.1, -0.05) is 68.7 Å². The summed E-state index contributed by atoms with van der Waals surface area (Å²) < 4.78 is 41.3. The lowest BCUT2D eigenvalue weighted by Gasteiger charge is -2.21. The van der Waals surface area contributed by atoms with Gasteiger partial charge in [-0.2, -0.15) is 23.1 Å². The molecule has 5 rings (SSSR count). The quantitative estimate of drug-likeness (QED) is 0.454. The molecule has 1 N–H and O–H groups in total. The van der Waals surface area contributed by atoms with E-state index in [4.69, 9.17) is 4.99 Å². The predicted molar refractivity (Wildman–Crippen MR) is 126 cm³/mol. The van der Waals surface area contributed by atoms with Crippen LogP contribution in [0.2, 0.25) is 0 Å². The highest BCUT2D eigenvalue weighted by Crippen LogP contribution is 2.38. The van der Waals surface area contributed by atoms with Crippen LogP contribution in [-0.2, 0) is 6.18 Å². The molecule has 0 spiro atoms. The van der Waals surface area contributed by atoms with Gasteiger partial charge >= 0.3 is 6.18 Å². The van der Waals surface area contributed by atoms with Crippen molar-refractivity contribution >= 4 is 11.8 Å². The molecule has 3 aromatic rings. The minimum absolute atomic E-state index is 0.0313. The lowest BCUT2D eigenvalue weighted by Crippen LogP contribution is -2.18. The number of alkyl halides is 3. The molecule has 0 radical (unpaired) electrons. The Labute approximate surface area is 196 Å². The Balaban J connectivity index is 1.59. The molecule has 34 heavy (non-hydrogen) atoms. The largest absolute Gasteiger partial charge is 0.417 e. The van der Waals surface area contributed by atoms with Crippen molar-refractivity contribution in [3.63, 3.8) is 0 Å². The van der Waals surface area contributed by atoms with Crippen molar-refractivity contribution < 1.29 is 13.2 Å². The highest BCUT2D eigenvalue weighted by atomic mass is 19.4. The number of hydrogen-bond acceptors (Lipinski definition) is 5. The van der Waals surface area contributed by atoms with Gasteiger partial charge in [0.1, 0.15) is 11.7 Å². The Kier molecular flexibility index (Phi) is 6.06. The predicted octanol–water partition coefficient (Wildman–Crippen LogP) is 6.93. The number of fused-ring (bicyclic) bond motifs is 1. The molecule has 2 heterocycles. The Morgan fingerprint density at radius 2 is 1.59 bits per heavy atom. The summed E-state index contributed by atoms with van der Waals surface area (Å²) in [6, 6.07) is 13.4. The summed E-state index contributed by atoms with van der Waals surface area (Å²) in [6.07, 6.45) is 1.46. The van der Waals surface area contributed by atoms with Crippen molar-refractivity contribution in [3.8, 4) is 11.4 Å². The zero-order valence-corrected chi connectivity index (χ0v) is 18.9. The van der Waals surface area contributed by atoms with Crippen LogP contribution in [0.15, 0.2) is 53.5 Å². The zero-order chi connectivity index (χ0) is 23.7. The molecule has 0 saturated heterocycles. The molecule has 0 amide bonds. The van der Waals surface area contributed by atoms with E-state index in [0.717, 1.165) is 55.7 Å². The number of amidine groups is 1. The highest BCUT2D eigenvalue weighted by molar-refractivity contribution is 6.10. The summed E-state index contributed by atoms with van der Waals surface area (Å²) >= 11 is 0. The minimum Gasteiger partial charge on any atom is -0.308 e. The summed E-state index contributed by atoms with van der Waals surface area (Å²) in [5, 5.41) is 3.22. The third-order valence-corrected chi connectivity index (χ3v) is 6.57. The fourth-order valence-corrected chi connectivity index (χ4v) is 4.85. The molecule has 2 aromatic carbocycles. The van der Waals surface area contributed by atoms with E-state index >= 15 is 0 Å². The Hall–Kier alpha value is -3.29. The molecular formula is C26H26F3N5. The molecule has 1 unspecified atom stereocenters. The summed E-state index contributed by atoms with van der Waals surface area (Å²) in [4.78, 5) is 18.5. The Morgan fingerprint density at radius 1 is 0.882 bits per heavy atom. The van der Waals surface area contributed by atoms with E-state index in [1.54, 1.807) is 6.07 Å². The van der Waals surface area contributed by atoms with Crippen molar-refractivity contribution in [2.45, 2.75) is 63.6 Å². The van der Waals surface area contributed by atoms with Gasteiger partial charge in [0, 0.05) is 17.0 Å². The van der Waals surface area contributed by atoms with Crippen molar-refractivity contribution in [1.82, 2.24) is 15.0 Å². The maximum atomic E-state index is 13.8. The van der Waals surface area contributed by atoms with Crippen molar-refractivity contribution in [2.24, 2.45) is 4.99 Å². The first kappa shape index (κ1) is 22.5. The van der Waals surface area contributed by atoms with Crippen LogP contribution in [0.1, 0.15) is 79.9 Å². The molecule has 1 aromatic heterocycles.